The van der Waals surface area contributed by atoms with Crippen molar-refractivity contribution in [3.63, 3.8) is 0 Å². The van der Waals surface area contributed by atoms with Gasteiger partial charge in [-0.25, -0.2) is 0 Å². The van der Waals surface area contributed by atoms with Gasteiger partial charge in [0.15, 0.2) is 0 Å². The average molecular weight is 331 g/mol. The predicted molar refractivity (Wildman–Crippen MR) is 87.9 cm³/mol. The van der Waals surface area contributed by atoms with Gasteiger partial charge in [0.2, 0.25) is 0 Å². The molecule has 0 N–H and O–H groups in total. The van der Waals surface area contributed by atoms with E-state index in [9.17, 15) is 10.1 Å². The first kappa shape index (κ1) is 16.7. The SMILES string of the molecule is N#Cc1cc(N2CCC(OC[C@H]3CCOC3)CC2)ccc1[N+](=O)[O-]. The van der Waals surface area contributed by atoms with E-state index in [1.54, 1.807) is 12.1 Å². The maximum atomic E-state index is 10.9. The lowest BCUT2D eigenvalue weighted by atomic mass is 10.1. The Hall–Kier alpha value is -2.17. The number of nitro benzene ring substituents is 1. The first-order valence-corrected chi connectivity index (χ1v) is 8.30. The van der Waals surface area contributed by atoms with Gasteiger partial charge in [-0.3, -0.25) is 10.1 Å². The lowest BCUT2D eigenvalue weighted by Gasteiger charge is -2.34. The third-order valence-corrected chi connectivity index (χ3v) is 4.70. The molecule has 1 aromatic rings. The number of nitriles is 1. The van der Waals surface area contributed by atoms with Gasteiger partial charge in [0.05, 0.1) is 24.2 Å². The minimum atomic E-state index is -0.519. The number of ether oxygens (including phenoxy) is 2. The third kappa shape index (κ3) is 3.83. The van der Waals surface area contributed by atoms with Gasteiger partial charge in [0, 0.05) is 37.4 Å². The summed E-state index contributed by atoms with van der Waals surface area (Å²) in [4.78, 5) is 12.5. The molecule has 2 aliphatic heterocycles. The molecule has 0 bridgehead atoms. The summed E-state index contributed by atoms with van der Waals surface area (Å²) in [6.45, 7) is 4.07. The van der Waals surface area contributed by atoms with Crippen molar-refractivity contribution >= 4 is 11.4 Å². The molecular formula is C17H21N3O4. The summed E-state index contributed by atoms with van der Waals surface area (Å²) in [5.74, 6) is 0.524. The highest BCUT2D eigenvalue weighted by molar-refractivity contribution is 5.60. The van der Waals surface area contributed by atoms with Crippen LogP contribution in [0.1, 0.15) is 24.8 Å². The second-order valence-corrected chi connectivity index (χ2v) is 6.32. The molecule has 2 fully saturated rings. The van der Waals surface area contributed by atoms with Crippen LogP contribution in [0.4, 0.5) is 11.4 Å². The molecule has 7 heteroatoms. The van der Waals surface area contributed by atoms with Gasteiger partial charge in [-0.05, 0) is 31.4 Å². The molecule has 128 valence electrons. The summed E-state index contributed by atoms with van der Waals surface area (Å²) in [6, 6.07) is 6.65. The molecule has 0 unspecified atom stereocenters. The van der Waals surface area contributed by atoms with Gasteiger partial charge in [-0.2, -0.15) is 5.26 Å². The van der Waals surface area contributed by atoms with Crippen molar-refractivity contribution in [1.82, 2.24) is 0 Å². The van der Waals surface area contributed by atoms with Crippen LogP contribution in [0.2, 0.25) is 0 Å². The van der Waals surface area contributed by atoms with Gasteiger partial charge in [0.25, 0.3) is 5.69 Å². The van der Waals surface area contributed by atoms with E-state index < -0.39 is 4.92 Å². The highest BCUT2D eigenvalue weighted by atomic mass is 16.6. The standard InChI is InChI=1S/C17H21N3O4/c18-10-14-9-15(1-2-17(14)20(21)22)19-6-3-16(4-7-19)24-12-13-5-8-23-11-13/h1-2,9,13,16H,3-8,11-12H2/t13-/m0/s1. The van der Waals surface area contributed by atoms with Crippen molar-refractivity contribution < 1.29 is 14.4 Å². The van der Waals surface area contributed by atoms with Crippen LogP contribution in [0.3, 0.4) is 0 Å². The minimum Gasteiger partial charge on any atom is -0.381 e. The van der Waals surface area contributed by atoms with E-state index in [2.05, 4.69) is 4.90 Å². The molecule has 24 heavy (non-hydrogen) atoms. The van der Waals surface area contributed by atoms with Gasteiger partial charge >= 0.3 is 0 Å². The van der Waals surface area contributed by atoms with Crippen molar-refractivity contribution in [3.8, 4) is 6.07 Å². The Kier molecular flexibility index (Phi) is 5.28. The molecule has 0 aromatic heterocycles. The molecule has 0 aliphatic carbocycles. The van der Waals surface area contributed by atoms with E-state index in [0.717, 1.165) is 57.9 Å². The van der Waals surface area contributed by atoms with Crippen LogP contribution >= 0.6 is 0 Å². The second-order valence-electron chi connectivity index (χ2n) is 6.32. The molecule has 1 atom stereocenters. The third-order valence-electron chi connectivity index (χ3n) is 4.70. The number of benzene rings is 1. The van der Waals surface area contributed by atoms with Crippen LogP contribution in [-0.2, 0) is 9.47 Å². The average Bonchev–Trinajstić information content (AvgIpc) is 3.13. The summed E-state index contributed by atoms with van der Waals surface area (Å²) >= 11 is 0. The highest BCUT2D eigenvalue weighted by Crippen LogP contribution is 2.27. The fourth-order valence-corrected chi connectivity index (χ4v) is 3.24. The normalized spacial score (nSPS) is 21.6. The van der Waals surface area contributed by atoms with Crippen molar-refractivity contribution in [2.75, 3.05) is 37.8 Å². The predicted octanol–water partition coefficient (Wildman–Crippen LogP) is 2.49. The number of hydrogen-bond donors (Lipinski definition) is 0. The van der Waals surface area contributed by atoms with Crippen molar-refractivity contribution in [3.05, 3.63) is 33.9 Å². The van der Waals surface area contributed by atoms with E-state index in [0.29, 0.717) is 5.92 Å². The smallest absolute Gasteiger partial charge is 0.287 e. The maximum Gasteiger partial charge on any atom is 0.287 e. The van der Waals surface area contributed by atoms with E-state index >= 15 is 0 Å². The van der Waals surface area contributed by atoms with Gasteiger partial charge in [0.1, 0.15) is 11.6 Å². The summed E-state index contributed by atoms with van der Waals surface area (Å²) in [5.41, 5.74) is 0.829. The Morgan fingerprint density at radius 1 is 1.38 bits per heavy atom. The number of hydrogen-bond acceptors (Lipinski definition) is 6. The lowest BCUT2D eigenvalue weighted by molar-refractivity contribution is -0.385. The molecule has 3 rings (SSSR count). The molecular weight excluding hydrogens is 310 g/mol. The van der Waals surface area contributed by atoms with E-state index in [1.807, 2.05) is 6.07 Å². The topological polar surface area (TPSA) is 88.6 Å². The zero-order valence-electron chi connectivity index (χ0n) is 13.5. The Labute approximate surface area is 140 Å². The van der Waals surface area contributed by atoms with Crippen LogP contribution in [0.25, 0.3) is 0 Å². The van der Waals surface area contributed by atoms with Crippen LogP contribution in [0.5, 0.6) is 0 Å². The Bertz CT molecular complexity index is 629. The maximum absolute atomic E-state index is 10.9. The van der Waals surface area contributed by atoms with Gasteiger partial charge in [-0.15, -0.1) is 0 Å². The van der Waals surface area contributed by atoms with Crippen LogP contribution < -0.4 is 4.90 Å². The molecule has 2 aliphatic rings. The highest BCUT2D eigenvalue weighted by Gasteiger charge is 2.24. The monoisotopic (exact) mass is 331 g/mol. The first-order valence-electron chi connectivity index (χ1n) is 8.30. The number of nitro groups is 1. The van der Waals surface area contributed by atoms with Crippen molar-refractivity contribution in [1.29, 1.82) is 5.26 Å². The summed E-state index contributed by atoms with van der Waals surface area (Å²) in [7, 11) is 0. The first-order chi connectivity index (χ1) is 11.7. The Balaban J connectivity index is 1.54. The molecule has 2 heterocycles. The van der Waals surface area contributed by atoms with Crippen LogP contribution in [-0.4, -0.2) is 43.9 Å². The summed E-state index contributed by atoms with van der Waals surface area (Å²) in [6.07, 6.45) is 3.19. The fraction of sp³-hybridized carbons (Fsp3) is 0.588. The quantitative estimate of drug-likeness (QED) is 0.608. The molecule has 2 saturated heterocycles. The number of anilines is 1. The number of piperidine rings is 1. The van der Waals surface area contributed by atoms with E-state index in [1.165, 1.54) is 6.07 Å². The Morgan fingerprint density at radius 3 is 2.79 bits per heavy atom. The zero-order valence-corrected chi connectivity index (χ0v) is 13.5. The number of nitrogens with zero attached hydrogens (tertiary/aromatic N) is 3. The molecule has 7 nitrogen and oxygen atoms in total. The van der Waals surface area contributed by atoms with E-state index in [4.69, 9.17) is 14.7 Å². The molecule has 0 radical (unpaired) electrons. The zero-order chi connectivity index (χ0) is 16.9. The molecule has 0 saturated carbocycles. The molecule has 1 aromatic carbocycles. The van der Waals surface area contributed by atoms with Crippen molar-refractivity contribution in [2.24, 2.45) is 5.92 Å². The van der Waals surface area contributed by atoms with E-state index in [-0.39, 0.29) is 17.4 Å². The Morgan fingerprint density at radius 2 is 2.17 bits per heavy atom. The van der Waals surface area contributed by atoms with Gasteiger partial charge in [-0.1, -0.05) is 0 Å². The fourth-order valence-electron chi connectivity index (χ4n) is 3.24. The van der Waals surface area contributed by atoms with Crippen LogP contribution in [0.15, 0.2) is 18.2 Å². The minimum absolute atomic E-state index is 0.108. The molecule has 0 spiro atoms. The van der Waals surface area contributed by atoms with Crippen LogP contribution in [0, 0.1) is 27.4 Å². The summed E-state index contributed by atoms with van der Waals surface area (Å²) in [5, 5.41) is 20.0. The summed E-state index contributed by atoms with van der Waals surface area (Å²) < 4.78 is 11.4. The second kappa shape index (κ2) is 7.60. The van der Waals surface area contributed by atoms with Crippen molar-refractivity contribution in [2.45, 2.75) is 25.4 Å². The van der Waals surface area contributed by atoms with Gasteiger partial charge < -0.3 is 14.4 Å². The lowest BCUT2D eigenvalue weighted by Crippen LogP contribution is -2.37. The largest absolute Gasteiger partial charge is 0.381 e. The number of rotatable bonds is 5. The molecule has 0 amide bonds.